The number of nitrogens with one attached hydrogen (secondary N) is 3. The second-order valence-electron chi connectivity index (χ2n) is 6.25. The standard InChI is InChI=1S/C23H25N3O6/c1-3-4-10-13-25-22(28)31-19-14-18(30-21(27)24-2)15-20(16-19)32-23(29)26-17-11-8-6-5-7-9-12-17/h3-6,8-12,14-17H,1,7,13H2,2H3,(H,24,27)(H,25,28)(H,26,29)/b6-5-,10-4-,11-8-,12-9?. The van der Waals surface area contributed by atoms with E-state index in [1.165, 1.54) is 25.2 Å². The second-order valence-corrected chi connectivity index (χ2v) is 6.25. The summed E-state index contributed by atoms with van der Waals surface area (Å²) < 4.78 is 15.6. The van der Waals surface area contributed by atoms with Crippen molar-refractivity contribution in [3.8, 4) is 17.2 Å². The number of benzene rings is 1. The zero-order valence-corrected chi connectivity index (χ0v) is 17.6. The van der Waals surface area contributed by atoms with E-state index in [4.69, 9.17) is 14.2 Å². The predicted molar refractivity (Wildman–Crippen MR) is 120 cm³/mol. The summed E-state index contributed by atoms with van der Waals surface area (Å²) in [5.74, 6) is 0.0344. The second kappa shape index (κ2) is 13.1. The van der Waals surface area contributed by atoms with Crippen LogP contribution in [0.5, 0.6) is 17.2 Å². The van der Waals surface area contributed by atoms with E-state index in [0.29, 0.717) is 0 Å². The fourth-order valence-corrected chi connectivity index (χ4v) is 2.41. The average Bonchev–Trinajstić information content (AvgIpc) is 2.72. The van der Waals surface area contributed by atoms with Crippen LogP contribution in [0, 0.1) is 0 Å². The zero-order valence-electron chi connectivity index (χ0n) is 17.6. The monoisotopic (exact) mass is 439 g/mol. The topological polar surface area (TPSA) is 115 Å². The van der Waals surface area contributed by atoms with E-state index in [0.717, 1.165) is 6.42 Å². The van der Waals surface area contributed by atoms with Crippen molar-refractivity contribution in [2.24, 2.45) is 0 Å². The van der Waals surface area contributed by atoms with E-state index in [9.17, 15) is 14.4 Å². The summed E-state index contributed by atoms with van der Waals surface area (Å²) in [6, 6.07) is 3.59. The van der Waals surface area contributed by atoms with Crippen LogP contribution in [0.3, 0.4) is 0 Å². The third-order valence-electron chi connectivity index (χ3n) is 3.79. The molecule has 0 bridgehead atoms. The highest BCUT2D eigenvalue weighted by Crippen LogP contribution is 2.28. The maximum atomic E-state index is 12.3. The molecule has 0 radical (unpaired) electrons. The molecule has 0 saturated heterocycles. The van der Waals surface area contributed by atoms with Crippen molar-refractivity contribution in [1.29, 1.82) is 0 Å². The number of ether oxygens (including phenoxy) is 3. The van der Waals surface area contributed by atoms with Crippen LogP contribution in [0.2, 0.25) is 0 Å². The highest BCUT2D eigenvalue weighted by Gasteiger charge is 2.14. The van der Waals surface area contributed by atoms with Gasteiger partial charge in [-0.1, -0.05) is 61.3 Å². The SMILES string of the molecule is C=C/C=C\CNC(=O)Oc1cc(OC(=O)NC)cc(OC(=O)NC2C=CC/C=C\C=C/2)c1. The van der Waals surface area contributed by atoms with Crippen molar-refractivity contribution in [2.75, 3.05) is 13.6 Å². The molecular formula is C23H25N3O6. The molecule has 0 fully saturated rings. The van der Waals surface area contributed by atoms with Gasteiger partial charge < -0.3 is 30.2 Å². The molecule has 2 rings (SSSR count). The quantitative estimate of drug-likeness (QED) is 0.440. The Morgan fingerprint density at radius 1 is 0.969 bits per heavy atom. The first-order chi connectivity index (χ1) is 15.5. The Bertz CT molecular complexity index is 949. The van der Waals surface area contributed by atoms with E-state index in [2.05, 4.69) is 22.5 Å². The van der Waals surface area contributed by atoms with Crippen molar-refractivity contribution >= 4 is 18.3 Å². The van der Waals surface area contributed by atoms with Crippen LogP contribution in [0.1, 0.15) is 6.42 Å². The Morgan fingerprint density at radius 3 is 2.28 bits per heavy atom. The van der Waals surface area contributed by atoms with Gasteiger partial charge in [0, 0.05) is 31.8 Å². The van der Waals surface area contributed by atoms with Crippen molar-refractivity contribution < 1.29 is 28.6 Å². The fraction of sp³-hybridized carbons (Fsp3) is 0.174. The molecule has 1 unspecified atom stereocenters. The summed E-state index contributed by atoms with van der Waals surface area (Å²) in [4.78, 5) is 35.9. The lowest BCUT2D eigenvalue weighted by molar-refractivity contribution is 0.197. The van der Waals surface area contributed by atoms with Gasteiger partial charge in [-0.15, -0.1) is 0 Å². The summed E-state index contributed by atoms with van der Waals surface area (Å²) in [5.41, 5.74) is 0. The van der Waals surface area contributed by atoms with E-state index >= 15 is 0 Å². The van der Waals surface area contributed by atoms with Gasteiger partial charge in [-0.2, -0.15) is 0 Å². The summed E-state index contributed by atoms with van der Waals surface area (Å²) in [6.45, 7) is 3.75. The van der Waals surface area contributed by atoms with Gasteiger partial charge in [-0.3, -0.25) is 0 Å². The van der Waals surface area contributed by atoms with Crippen LogP contribution in [-0.2, 0) is 0 Å². The molecular weight excluding hydrogens is 414 g/mol. The summed E-state index contributed by atoms with van der Waals surface area (Å²) in [5, 5.41) is 7.49. The lowest BCUT2D eigenvalue weighted by Gasteiger charge is -2.14. The third-order valence-corrected chi connectivity index (χ3v) is 3.79. The minimum Gasteiger partial charge on any atom is -0.410 e. The highest BCUT2D eigenvalue weighted by molar-refractivity contribution is 5.74. The van der Waals surface area contributed by atoms with Gasteiger partial charge in [0.2, 0.25) is 0 Å². The predicted octanol–water partition coefficient (Wildman–Crippen LogP) is 3.76. The lowest BCUT2D eigenvalue weighted by Crippen LogP contribution is -2.34. The number of carbonyl (C=O) groups excluding carboxylic acids is 3. The number of hydrogen-bond donors (Lipinski definition) is 3. The van der Waals surface area contributed by atoms with Crippen LogP contribution in [0.25, 0.3) is 0 Å². The first-order valence-corrected chi connectivity index (χ1v) is 9.76. The van der Waals surface area contributed by atoms with Crippen molar-refractivity contribution in [3.05, 3.63) is 79.5 Å². The van der Waals surface area contributed by atoms with Crippen molar-refractivity contribution in [2.45, 2.75) is 12.5 Å². The third kappa shape index (κ3) is 9.04. The van der Waals surface area contributed by atoms with Crippen molar-refractivity contribution in [3.63, 3.8) is 0 Å². The first kappa shape index (κ1) is 24.0. The van der Waals surface area contributed by atoms with Gasteiger partial charge >= 0.3 is 18.3 Å². The summed E-state index contributed by atoms with van der Waals surface area (Å²) in [7, 11) is 1.39. The normalized spacial score (nSPS) is 16.7. The van der Waals surface area contributed by atoms with E-state index in [-0.39, 0.29) is 29.8 Å². The Labute approximate surface area is 186 Å². The van der Waals surface area contributed by atoms with Crippen LogP contribution < -0.4 is 30.2 Å². The summed E-state index contributed by atoms with van der Waals surface area (Å²) in [6.07, 6.45) is 14.6. The molecule has 0 saturated carbocycles. The van der Waals surface area contributed by atoms with Gasteiger partial charge in [-0.25, -0.2) is 14.4 Å². The average molecular weight is 439 g/mol. The molecule has 0 spiro atoms. The molecule has 1 aliphatic carbocycles. The lowest BCUT2D eigenvalue weighted by atomic mass is 10.2. The number of carbonyl (C=O) groups is 3. The molecule has 0 aromatic heterocycles. The fourth-order valence-electron chi connectivity index (χ4n) is 2.41. The Hall–Kier alpha value is -4.27. The molecule has 3 N–H and O–H groups in total. The molecule has 9 nitrogen and oxygen atoms in total. The largest absolute Gasteiger partial charge is 0.413 e. The molecule has 32 heavy (non-hydrogen) atoms. The molecule has 1 aliphatic rings. The Kier molecular flexibility index (Phi) is 9.84. The van der Waals surface area contributed by atoms with E-state index in [1.54, 1.807) is 24.3 Å². The number of rotatable bonds is 7. The van der Waals surface area contributed by atoms with Crippen LogP contribution in [0.15, 0.2) is 79.5 Å². The first-order valence-electron chi connectivity index (χ1n) is 9.76. The van der Waals surface area contributed by atoms with Crippen LogP contribution in [-0.4, -0.2) is 37.9 Å². The number of amides is 3. The molecule has 1 aromatic rings. The van der Waals surface area contributed by atoms with Crippen molar-refractivity contribution in [1.82, 2.24) is 16.0 Å². The smallest absolute Gasteiger partial charge is 0.410 e. The Balaban J connectivity index is 2.10. The molecule has 168 valence electrons. The maximum Gasteiger partial charge on any atom is 0.413 e. The molecule has 0 heterocycles. The van der Waals surface area contributed by atoms with E-state index in [1.807, 2.05) is 30.4 Å². The van der Waals surface area contributed by atoms with Gasteiger partial charge in [0.05, 0.1) is 6.04 Å². The van der Waals surface area contributed by atoms with Gasteiger partial charge in [0.1, 0.15) is 17.2 Å². The van der Waals surface area contributed by atoms with E-state index < -0.39 is 18.3 Å². The molecule has 9 heteroatoms. The number of hydrogen-bond acceptors (Lipinski definition) is 6. The van der Waals surface area contributed by atoms with Gasteiger partial charge in [-0.05, 0) is 6.42 Å². The highest BCUT2D eigenvalue weighted by atomic mass is 16.6. The molecule has 1 aromatic carbocycles. The minimum absolute atomic E-state index is 0.00952. The Morgan fingerprint density at radius 2 is 1.62 bits per heavy atom. The minimum atomic E-state index is -0.746. The molecule has 1 atom stereocenters. The maximum absolute atomic E-state index is 12.3. The van der Waals surface area contributed by atoms with Crippen LogP contribution in [0.4, 0.5) is 14.4 Å². The van der Waals surface area contributed by atoms with Gasteiger partial charge in [0.15, 0.2) is 0 Å². The van der Waals surface area contributed by atoms with Gasteiger partial charge in [0.25, 0.3) is 0 Å². The molecule has 0 aliphatic heterocycles. The zero-order chi connectivity index (χ0) is 23.2. The summed E-state index contributed by atoms with van der Waals surface area (Å²) >= 11 is 0. The number of allylic oxidation sites excluding steroid dienone is 6. The van der Waals surface area contributed by atoms with Crippen LogP contribution >= 0.6 is 0 Å². The molecule has 3 amide bonds.